The smallest absolute Gasteiger partial charge is 0.267 e. The lowest BCUT2D eigenvalue weighted by Crippen LogP contribution is -2.44. The van der Waals surface area contributed by atoms with E-state index in [9.17, 15) is 4.79 Å². The van der Waals surface area contributed by atoms with E-state index in [1.165, 1.54) is 11.3 Å². The standard InChI is InChI=1S/C20H19Cl2N3OS/c1-24-8-10-25(11-9-24)16-7-6-13(12-15(16)21)23-20(26)19-18(22)14-4-2-3-5-17(14)27-19/h2-7,12H,8-11H2,1H3,(H,23,26). The summed E-state index contributed by atoms with van der Waals surface area (Å²) in [5.41, 5.74) is 1.67. The molecule has 140 valence electrons. The number of piperazine rings is 1. The Morgan fingerprint density at radius 2 is 1.81 bits per heavy atom. The van der Waals surface area contributed by atoms with Crippen molar-refractivity contribution in [3.05, 3.63) is 57.4 Å². The maximum absolute atomic E-state index is 12.7. The van der Waals surface area contributed by atoms with Crippen molar-refractivity contribution in [2.24, 2.45) is 0 Å². The minimum atomic E-state index is -0.218. The summed E-state index contributed by atoms with van der Waals surface area (Å²) >= 11 is 14.3. The number of likely N-dealkylation sites (N-methyl/N-ethyl adjacent to an activating group) is 1. The van der Waals surface area contributed by atoms with Crippen LogP contribution >= 0.6 is 34.5 Å². The molecule has 1 N–H and O–H groups in total. The van der Waals surface area contributed by atoms with E-state index >= 15 is 0 Å². The van der Waals surface area contributed by atoms with Crippen LogP contribution in [0, 0.1) is 0 Å². The highest BCUT2D eigenvalue weighted by atomic mass is 35.5. The molecule has 3 aromatic rings. The first-order valence-corrected chi connectivity index (χ1v) is 10.3. The molecule has 0 aliphatic carbocycles. The second kappa shape index (κ2) is 7.68. The summed E-state index contributed by atoms with van der Waals surface area (Å²) in [6, 6.07) is 13.4. The number of hydrogen-bond acceptors (Lipinski definition) is 4. The first-order valence-electron chi connectivity index (χ1n) is 8.74. The van der Waals surface area contributed by atoms with Gasteiger partial charge < -0.3 is 15.1 Å². The number of benzene rings is 2. The zero-order chi connectivity index (χ0) is 19.0. The average Bonchev–Trinajstić information content (AvgIpc) is 3.00. The number of thiophene rings is 1. The molecule has 1 amide bonds. The number of nitrogens with one attached hydrogen (secondary N) is 1. The van der Waals surface area contributed by atoms with E-state index in [1.54, 1.807) is 6.07 Å². The molecular weight excluding hydrogens is 401 g/mol. The predicted octanol–water partition coefficient (Wildman–Crippen LogP) is 5.21. The minimum absolute atomic E-state index is 0.218. The third-order valence-electron chi connectivity index (χ3n) is 4.79. The molecule has 1 aliphatic rings. The summed E-state index contributed by atoms with van der Waals surface area (Å²) in [6.45, 7) is 3.91. The Morgan fingerprint density at radius 1 is 1.07 bits per heavy atom. The number of nitrogens with zero attached hydrogens (tertiary/aromatic N) is 2. The number of carbonyl (C=O) groups excluding carboxylic acids is 1. The quantitative estimate of drug-likeness (QED) is 0.632. The number of hydrogen-bond donors (Lipinski definition) is 1. The number of rotatable bonds is 3. The summed E-state index contributed by atoms with van der Waals surface area (Å²) < 4.78 is 0.996. The van der Waals surface area contributed by atoms with Gasteiger partial charge in [-0.15, -0.1) is 11.3 Å². The van der Waals surface area contributed by atoms with Crippen LogP contribution in [0.5, 0.6) is 0 Å². The molecule has 1 saturated heterocycles. The van der Waals surface area contributed by atoms with Crippen LogP contribution in [-0.2, 0) is 0 Å². The highest BCUT2D eigenvalue weighted by molar-refractivity contribution is 7.21. The number of anilines is 2. The van der Waals surface area contributed by atoms with Gasteiger partial charge in [0, 0.05) is 42.0 Å². The molecule has 2 aromatic carbocycles. The van der Waals surface area contributed by atoms with E-state index in [0.717, 1.165) is 42.0 Å². The summed E-state index contributed by atoms with van der Waals surface area (Å²) in [5.74, 6) is -0.218. The van der Waals surface area contributed by atoms with Gasteiger partial charge in [-0.2, -0.15) is 0 Å². The van der Waals surface area contributed by atoms with Gasteiger partial charge in [-0.1, -0.05) is 41.4 Å². The van der Waals surface area contributed by atoms with Crippen LogP contribution in [0.3, 0.4) is 0 Å². The van der Waals surface area contributed by atoms with Crippen molar-refractivity contribution in [2.75, 3.05) is 43.4 Å². The lowest BCUT2D eigenvalue weighted by atomic mass is 10.2. The van der Waals surface area contributed by atoms with Crippen LogP contribution in [0.1, 0.15) is 9.67 Å². The normalized spacial score (nSPS) is 15.3. The van der Waals surface area contributed by atoms with Crippen LogP contribution in [0.4, 0.5) is 11.4 Å². The molecule has 1 fully saturated rings. The van der Waals surface area contributed by atoms with E-state index in [4.69, 9.17) is 23.2 Å². The fraction of sp³-hybridized carbons (Fsp3) is 0.250. The van der Waals surface area contributed by atoms with E-state index in [1.807, 2.05) is 36.4 Å². The van der Waals surface area contributed by atoms with Gasteiger partial charge in [0.15, 0.2) is 0 Å². The summed E-state index contributed by atoms with van der Waals surface area (Å²) in [7, 11) is 2.12. The van der Waals surface area contributed by atoms with E-state index in [2.05, 4.69) is 22.2 Å². The maximum Gasteiger partial charge on any atom is 0.267 e. The molecule has 27 heavy (non-hydrogen) atoms. The van der Waals surface area contributed by atoms with Gasteiger partial charge in [-0.3, -0.25) is 4.79 Å². The van der Waals surface area contributed by atoms with Gasteiger partial charge in [-0.25, -0.2) is 0 Å². The lowest BCUT2D eigenvalue weighted by Gasteiger charge is -2.34. The highest BCUT2D eigenvalue weighted by Crippen LogP contribution is 2.36. The van der Waals surface area contributed by atoms with Crippen LogP contribution < -0.4 is 10.2 Å². The van der Waals surface area contributed by atoms with E-state index in [0.29, 0.717) is 20.6 Å². The second-order valence-corrected chi connectivity index (χ2v) is 8.49. The van der Waals surface area contributed by atoms with Crippen molar-refractivity contribution in [2.45, 2.75) is 0 Å². The number of fused-ring (bicyclic) bond motifs is 1. The van der Waals surface area contributed by atoms with Crippen molar-refractivity contribution in [1.82, 2.24) is 4.90 Å². The topological polar surface area (TPSA) is 35.6 Å². The fourth-order valence-corrected chi connectivity index (χ4v) is 4.95. The summed E-state index contributed by atoms with van der Waals surface area (Å²) in [5, 5.41) is 4.95. The summed E-state index contributed by atoms with van der Waals surface area (Å²) in [6.07, 6.45) is 0. The van der Waals surface area contributed by atoms with Gasteiger partial charge in [0.1, 0.15) is 4.88 Å². The molecule has 7 heteroatoms. The van der Waals surface area contributed by atoms with Crippen molar-refractivity contribution < 1.29 is 4.79 Å². The number of amides is 1. The Labute approximate surface area is 172 Å². The SMILES string of the molecule is CN1CCN(c2ccc(NC(=O)c3sc4ccccc4c3Cl)cc2Cl)CC1. The van der Waals surface area contributed by atoms with Crippen LogP contribution in [0.25, 0.3) is 10.1 Å². The molecule has 4 rings (SSSR count). The van der Waals surface area contributed by atoms with Gasteiger partial charge in [0.05, 0.1) is 15.7 Å². The molecule has 1 aromatic heterocycles. The molecule has 0 bridgehead atoms. The van der Waals surface area contributed by atoms with Crippen molar-refractivity contribution in [1.29, 1.82) is 0 Å². The molecule has 0 radical (unpaired) electrons. The summed E-state index contributed by atoms with van der Waals surface area (Å²) in [4.78, 5) is 17.8. The molecule has 0 unspecified atom stereocenters. The first kappa shape index (κ1) is 18.6. The molecule has 0 atom stereocenters. The number of halogens is 2. The Morgan fingerprint density at radius 3 is 2.52 bits per heavy atom. The molecule has 0 spiro atoms. The van der Waals surface area contributed by atoms with Crippen molar-refractivity contribution in [3.8, 4) is 0 Å². The zero-order valence-corrected chi connectivity index (χ0v) is 17.2. The average molecular weight is 420 g/mol. The monoisotopic (exact) mass is 419 g/mol. The zero-order valence-electron chi connectivity index (χ0n) is 14.8. The van der Waals surface area contributed by atoms with Gasteiger partial charge in [0.25, 0.3) is 5.91 Å². The van der Waals surface area contributed by atoms with Gasteiger partial charge >= 0.3 is 0 Å². The molecule has 0 saturated carbocycles. The largest absolute Gasteiger partial charge is 0.368 e. The van der Waals surface area contributed by atoms with Crippen LogP contribution in [-0.4, -0.2) is 44.0 Å². The highest BCUT2D eigenvalue weighted by Gasteiger charge is 2.19. The van der Waals surface area contributed by atoms with E-state index < -0.39 is 0 Å². The molecular formula is C20H19Cl2N3OS. The number of carbonyl (C=O) groups is 1. The lowest BCUT2D eigenvalue weighted by molar-refractivity contribution is 0.103. The van der Waals surface area contributed by atoms with Crippen LogP contribution in [0.15, 0.2) is 42.5 Å². The third-order valence-corrected chi connectivity index (χ3v) is 6.77. The van der Waals surface area contributed by atoms with Gasteiger partial charge in [0.2, 0.25) is 0 Å². The van der Waals surface area contributed by atoms with Crippen LogP contribution in [0.2, 0.25) is 10.0 Å². The van der Waals surface area contributed by atoms with Gasteiger partial charge in [-0.05, 0) is 31.3 Å². The van der Waals surface area contributed by atoms with Crippen molar-refractivity contribution >= 4 is 61.9 Å². The Hall–Kier alpha value is -1.79. The maximum atomic E-state index is 12.7. The second-order valence-electron chi connectivity index (χ2n) is 6.65. The third kappa shape index (κ3) is 3.78. The first-order chi connectivity index (χ1) is 13.0. The Kier molecular flexibility index (Phi) is 5.28. The molecule has 4 nitrogen and oxygen atoms in total. The fourth-order valence-electron chi connectivity index (χ4n) is 3.24. The Bertz CT molecular complexity index is 996. The van der Waals surface area contributed by atoms with E-state index in [-0.39, 0.29) is 5.91 Å². The minimum Gasteiger partial charge on any atom is -0.368 e. The molecule has 1 aliphatic heterocycles. The Balaban J connectivity index is 1.53. The van der Waals surface area contributed by atoms with Crippen molar-refractivity contribution in [3.63, 3.8) is 0 Å². The predicted molar refractivity (Wildman–Crippen MR) is 116 cm³/mol. The molecule has 2 heterocycles.